The lowest BCUT2D eigenvalue weighted by molar-refractivity contribution is 0.00310. The van der Waals surface area contributed by atoms with Crippen molar-refractivity contribution in [1.82, 2.24) is 24.4 Å². The van der Waals surface area contributed by atoms with E-state index in [1.54, 1.807) is 37.4 Å². The molecule has 9 nitrogen and oxygen atoms in total. The molecule has 0 radical (unpaired) electrons. The molecule has 2 fully saturated rings. The van der Waals surface area contributed by atoms with Gasteiger partial charge in [-0.1, -0.05) is 12.1 Å². The minimum absolute atomic E-state index is 0.0789. The lowest BCUT2D eigenvalue weighted by Crippen LogP contribution is -2.48. The van der Waals surface area contributed by atoms with Gasteiger partial charge in [0.15, 0.2) is 5.82 Å². The molecule has 1 atom stereocenters. The molecule has 2 aliphatic rings. The first-order chi connectivity index (χ1) is 20.3. The van der Waals surface area contributed by atoms with E-state index < -0.39 is 12.9 Å². The molecule has 1 unspecified atom stereocenters. The third-order valence-corrected chi connectivity index (χ3v) is 8.20. The molecular weight excluding hydrogens is 554 g/mol. The van der Waals surface area contributed by atoms with Gasteiger partial charge in [-0.2, -0.15) is 9.97 Å². The first kappa shape index (κ1) is 30.4. The summed E-state index contributed by atoms with van der Waals surface area (Å²) in [7, 11) is 1.59. The van der Waals surface area contributed by atoms with Crippen molar-refractivity contribution in [3.8, 4) is 5.82 Å². The van der Waals surface area contributed by atoms with Crippen LogP contribution in [0.15, 0.2) is 30.3 Å². The number of imidazole rings is 1. The van der Waals surface area contributed by atoms with E-state index in [4.69, 9.17) is 14.5 Å². The van der Waals surface area contributed by atoms with Gasteiger partial charge >= 0.3 is 0 Å². The average molecular weight is 594 g/mol. The van der Waals surface area contributed by atoms with E-state index in [9.17, 15) is 17.6 Å². The highest BCUT2D eigenvalue weighted by Gasteiger charge is 2.31. The Morgan fingerprint density at radius 1 is 1.02 bits per heavy atom. The van der Waals surface area contributed by atoms with Crippen molar-refractivity contribution in [2.45, 2.75) is 57.5 Å². The van der Waals surface area contributed by atoms with Crippen molar-refractivity contribution < 1.29 is 27.0 Å². The number of para-hydroxylation sites is 2. The number of rotatable bonds is 12. The monoisotopic (exact) mass is 593 g/mol. The Labute approximate surface area is 243 Å². The molecule has 5 rings (SSSR count). The number of alkyl halides is 4. The number of fused-ring (bicyclic) bond motifs is 1. The number of halogens is 4. The van der Waals surface area contributed by atoms with Crippen LogP contribution >= 0.6 is 0 Å². The van der Waals surface area contributed by atoms with Crippen LogP contribution in [0.2, 0.25) is 0 Å². The Hall–Kier alpha value is -3.03. The van der Waals surface area contributed by atoms with Crippen molar-refractivity contribution in [1.29, 1.82) is 0 Å². The van der Waals surface area contributed by atoms with Crippen LogP contribution in [0, 0.1) is 5.92 Å². The van der Waals surface area contributed by atoms with Gasteiger partial charge < -0.3 is 19.7 Å². The van der Waals surface area contributed by atoms with E-state index in [1.165, 1.54) is 4.57 Å². The van der Waals surface area contributed by atoms with Crippen LogP contribution in [-0.2, 0) is 9.47 Å². The summed E-state index contributed by atoms with van der Waals surface area (Å²) >= 11 is 0. The zero-order valence-electron chi connectivity index (χ0n) is 24.1. The van der Waals surface area contributed by atoms with Crippen molar-refractivity contribution >= 4 is 22.8 Å². The van der Waals surface area contributed by atoms with Gasteiger partial charge in [-0.15, -0.1) is 0 Å². The van der Waals surface area contributed by atoms with Crippen molar-refractivity contribution in [2.75, 3.05) is 63.3 Å². The minimum Gasteiger partial charge on any atom is -0.383 e. The van der Waals surface area contributed by atoms with Crippen molar-refractivity contribution in [2.24, 2.45) is 5.92 Å². The molecule has 0 bridgehead atoms. The van der Waals surface area contributed by atoms with Gasteiger partial charge in [0.25, 0.3) is 12.9 Å². The summed E-state index contributed by atoms with van der Waals surface area (Å²) < 4.78 is 67.0. The Morgan fingerprint density at radius 3 is 2.43 bits per heavy atom. The number of hydrogen-bond acceptors (Lipinski definition) is 8. The Kier molecular flexibility index (Phi) is 10.1. The van der Waals surface area contributed by atoms with Gasteiger partial charge in [-0.05, 0) is 50.7 Å². The highest BCUT2D eigenvalue weighted by atomic mass is 19.3. The summed E-state index contributed by atoms with van der Waals surface area (Å²) in [6.45, 7) is 5.03. The molecule has 1 saturated heterocycles. The maximum atomic E-state index is 14.1. The topological polar surface area (TPSA) is 80.6 Å². The third-order valence-electron chi connectivity index (χ3n) is 8.20. The maximum absolute atomic E-state index is 14.1. The fraction of sp³-hybridized carbons (Fsp3) is 0.621. The minimum atomic E-state index is -2.79. The summed E-state index contributed by atoms with van der Waals surface area (Å²) in [6, 6.07) is 8.72. The van der Waals surface area contributed by atoms with Gasteiger partial charge in [0.1, 0.15) is 11.6 Å². The molecule has 1 aliphatic carbocycles. The van der Waals surface area contributed by atoms with Gasteiger partial charge in [0.05, 0.1) is 37.4 Å². The predicted octanol–water partition coefficient (Wildman–Crippen LogP) is 5.16. The number of anilines is 2. The SMILES string of the molecule is COCC(C)N(CC(F)F)C1CCC(CNc2nc(N3CCOCC3)cc(-n3c(C(F)F)nc4ccccc43)n2)CC1. The molecule has 2 aromatic heterocycles. The quantitative estimate of drug-likeness (QED) is 0.289. The lowest BCUT2D eigenvalue weighted by Gasteiger charge is -2.40. The first-order valence-corrected chi connectivity index (χ1v) is 14.6. The molecule has 13 heteroatoms. The number of benzene rings is 1. The highest BCUT2D eigenvalue weighted by molar-refractivity contribution is 5.78. The number of ether oxygens (including phenoxy) is 2. The zero-order valence-corrected chi connectivity index (χ0v) is 24.1. The molecular formula is C29H39F4N7O2. The average Bonchev–Trinajstić information content (AvgIpc) is 3.40. The normalized spacial score (nSPS) is 20.6. The van der Waals surface area contributed by atoms with Gasteiger partial charge in [0.2, 0.25) is 5.95 Å². The van der Waals surface area contributed by atoms with Crippen LogP contribution in [0.4, 0.5) is 29.3 Å². The van der Waals surface area contributed by atoms with Gasteiger partial charge in [-0.25, -0.2) is 22.5 Å². The largest absolute Gasteiger partial charge is 0.383 e. The Bertz CT molecular complexity index is 1300. The molecule has 0 spiro atoms. The number of aromatic nitrogens is 4. The standard InChI is InChI=1S/C29H39F4N7O2/c1-19(18-41-2)39(17-24(30)31)21-9-7-20(8-10-21)16-34-29-36-25(38-11-13-42-14-12-38)15-26(37-29)40-23-6-4-3-5-22(23)35-28(40)27(32)33/h3-6,15,19-21,24,27H,7-14,16-18H2,1-2H3,(H,34,36,37). The van der Waals surface area contributed by atoms with Gasteiger partial charge in [-0.3, -0.25) is 9.47 Å². The molecule has 42 heavy (non-hydrogen) atoms. The van der Waals surface area contributed by atoms with Crippen LogP contribution in [0.5, 0.6) is 0 Å². The second-order valence-corrected chi connectivity index (χ2v) is 11.0. The molecule has 3 aromatic rings. The summed E-state index contributed by atoms with van der Waals surface area (Å²) in [5.41, 5.74) is 1.01. The summed E-state index contributed by atoms with van der Waals surface area (Å²) in [5, 5.41) is 3.36. The van der Waals surface area contributed by atoms with E-state index in [2.05, 4.69) is 20.2 Å². The fourth-order valence-corrected chi connectivity index (χ4v) is 6.10. The van der Waals surface area contributed by atoms with Gasteiger partial charge in [0, 0.05) is 44.9 Å². The smallest absolute Gasteiger partial charge is 0.296 e. The van der Waals surface area contributed by atoms with E-state index in [0.29, 0.717) is 74.0 Å². The predicted molar refractivity (Wildman–Crippen MR) is 153 cm³/mol. The second-order valence-electron chi connectivity index (χ2n) is 11.0. The van der Waals surface area contributed by atoms with E-state index in [0.717, 1.165) is 25.7 Å². The van der Waals surface area contributed by atoms with Crippen molar-refractivity contribution in [3.63, 3.8) is 0 Å². The van der Waals surface area contributed by atoms with Crippen LogP contribution in [0.3, 0.4) is 0 Å². The zero-order chi connectivity index (χ0) is 29.6. The number of methoxy groups -OCH3 is 1. The first-order valence-electron chi connectivity index (χ1n) is 14.6. The summed E-state index contributed by atoms with van der Waals surface area (Å²) in [4.78, 5) is 17.5. The summed E-state index contributed by atoms with van der Waals surface area (Å²) in [5.74, 6) is 1.22. The number of hydrogen-bond donors (Lipinski definition) is 1. The van der Waals surface area contributed by atoms with Crippen LogP contribution < -0.4 is 10.2 Å². The van der Waals surface area contributed by atoms with Crippen LogP contribution in [0.25, 0.3) is 16.9 Å². The van der Waals surface area contributed by atoms with Crippen molar-refractivity contribution in [3.05, 3.63) is 36.2 Å². The van der Waals surface area contributed by atoms with Crippen LogP contribution in [0.1, 0.15) is 44.9 Å². The van der Waals surface area contributed by atoms with E-state index >= 15 is 0 Å². The highest BCUT2D eigenvalue weighted by Crippen LogP contribution is 2.31. The molecule has 1 aliphatic heterocycles. The molecule has 1 saturated carbocycles. The van der Waals surface area contributed by atoms with Crippen LogP contribution in [-0.4, -0.2) is 96.0 Å². The molecule has 230 valence electrons. The second kappa shape index (κ2) is 14.0. The number of nitrogens with zero attached hydrogens (tertiary/aromatic N) is 6. The maximum Gasteiger partial charge on any atom is 0.296 e. The lowest BCUT2D eigenvalue weighted by atomic mass is 9.84. The fourth-order valence-electron chi connectivity index (χ4n) is 6.10. The molecule has 0 amide bonds. The third kappa shape index (κ3) is 7.12. The van der Waals surface area contributed by atoms with E-state index in [1.807, 2.05) is 11.8 Å². The Balaban J connectivity index is 1.34. The Morgan fingerprint density at radius 2 is 1.74 bits per heavy atom. The molecule has 3 heterocycles. The summed E-state index contributed by atoms with van der Waals surface area (Å²) in [6.07, 6.45) is -1.82. The molecule has 1 N–H and O–H groups in total. The number of morpholine rings is 1. The molecule has 1 aromatic carbocycles. The van der Waals surface area contributed by atoms with E-state index in [-0.39, 0.29) is 24.5 Å². The number of nitrogens with one attached hydrogen (secondary N) is 1.